The van der Waals surface area contributed by atoms with Crippen LogP contribution in [0.25, 0.3) is 78.7 Å². The quantitative estimate of drug-likeness (QED) is 0.149. The molecule has 0 spiro atoms. The van der Waals surface area contributed by atoms with Crippen molar-refractivity contribution in [1.82, 2.24) is 9.97 Å². The average Bonchev–Trinajstić information content (AvgIpc) is 3.27. The molecule has 0 N–H and O–H groups in total. The van der Waals surface area contributed by atoms with Gasteiger partial charge in [-0.25, -0.2) is 0 Å². The van der Waals surface area contributed by atoms with Crippen LogP contribution >= 0.6 is 0 Å². The van der Waals surface area contributed by atoms with Gasteiger partial charge in [0.1, 0.15) is 0 Å². The fourth-order valence-corrected chi connectivity index (χ4v) is 7.20. The molecule has 9 rings (SSSR count). The molecule has 0 saturated heterocycles. The SMILES string of the molecule is c1ccc(-c2cc(-c3ccncc3)cc(-c3ccccc3)[n+]2-c2ccc(-[n+]3c(-c4ccccc4)cc(-c4ccncc4)cc3-c3ccccc3)cc2)cc1. The zero-order valence-corrected chi connectivity index (χ0v) is 29.6. The van der Waals surface area contributed by atoms with Crippen LogP contribution in [0.15, 0.2) is 219 Å². The number of pyridine rings is 4. The summed E-state index contributed by atoms with van der Waals surface area (Å²) in [4.78, 5) is 8.58. The van der Waals surface area contributed by atoms with Crippen LogP contribution in [0.4, 0.5) is 0 Å². The summed E-state index contributed by atoms with van der Waals surface area (Å²) in [6.45, 7) is 0. The van der Waals surface area contributed by atoms with Crippen LogP contribution in [0.3, 0.4) is 0 Å². The van der Waals surface area contributed by atoms with Crippen LogP contribution < -0.4 is 9.13 Å². The maximum Gasteiger partial charge on any atom is 0.219 e. The summed E-state index contributed by atoms with van der Waals surface area (Å²) in [6, 6.07) is 69.0. The first-order valence-electron chi connectivity index (χ1n) is 18.1. The molecule has 4 nitrogen and oxygen atoms in total. The summed E-state index contributed by atoms with van der Waals surface area (Å²) in [7, 11) is 0. The van der Waals surface area contributed by atoms with Gasteiger partial charge in [0.15, 0.2) is 0 Å². The molecular weight excluding hydrogens is 657 g/mol. The zero-order chi connectivity index (χ0) is 36.1. The van der Waals surface area contributed by atoms with Gasteiger partial charge in [-0.15, -0.1) is 0 Å². The largest absolute Gasteiger partial charge is 0.265 e. The highest BCUT2D eigenvalue weighted by molar-refractivity contribution is 5.76. The first kappa shape index (κ1) is 32.6. The Morgan fingerprint density at radius 1 is 0.241 bits per heavy atom. The van der Waals surface area contributed by atoms with Crippen LogP contribution in [-0.4, -0.2) is 9.97 Å². The van der Waals surface area contributed by atoms with Gasteiger partial charge in [0.05, 0.1) is 0 Å². The highest BCUT2D eigenvalue weighted by atomic mass is 15.0. The van der Waals surface area contributed by atoms with Gasteiger partial charge in [0, 0.05) is 95.6 Å². The molecule has 0 aliphatic rings. The van der Waals surface area contributed by atoms with E-state index in [1.54, 1.807) is 0 Å². The highest BCUT2D eigenvalue weighted by Crippen LogP contribution is 2.33. The van der Waals surface area contributed by atoms with Crippen molar-refractivity contribution >= 4 is 0 Å². The van der Waals surface area contributed by atoms with E-state index in [-0.39, 0.29) is 0 Å². The molecule has 4 heteroatoms. The van der Waals surface area contributed by atoms with Gasteiger partial charge < -0.3 is 0 Å². The van der Waals surface area contributed by atoms with Gasteiger partial charge in [0.25, 0.3) is 0 Å². The Morgan fingerprint density at radius 2 is 0.500 bits per heavy atom. The number of aromatic nitrogens is 4. The first-order valence-corrected chi connectivity index (χ1v) is 18.1. The van der Waals surface area contributed by atoms with Gasteiger partial charge in [-0.1, -0.05) is 72.8 Å². The van der Waals surface area contributed by atoms with Gasteiger partial charge in [-0.3, -0.25) is 9.97 Å². The van der Waals surface area contributed by atoms with Crippen LogP contribution in [0, 0.1) is 0 Å². The molecule has 0 amide bonds. The minimum absolute atomic E-state index is 1.06. The summed E-state index contributed by atoms with van der Waals surface area (Å²) < 4.78 is 4.76. The van der Waals surface area contributed by atoms with E-state index < -0.39 is 0 Å². The molecule has 5 aromatic carbocycles. The molecule has 0 fully saturated rings. The summed E-state index contributed by atoms with van der Waals surface area (Å²) in [5, 5.41) is 0. The monoisotopic (exact) mass is 692 g/mol. The summed E-state index contributed by atoms with van der Waals surface area (Å²) >= 11 is 0. The number of hydrogen-bond donors (Lipinski definition) is 0. The summed E-state index contributed by atoms with van der Waals surface area (Å²) in [6.07, 6.45) is 7.42. The maximum absolute atomic E-state index is 4.29. The Bertz CT molecular complexity index is 2340. The van der Waals surface area contributed by atoms with Crippen molar-refractivity contribution in [2.75, 3.05) is 0 Å². The van der Waals surface area contributed by atoms with Crippen molar-refractivity contribution in [3.05, 3.63) is 219 Å². The average molecular weight is 693 g/mol. The number of rotatable bonds is 8. The van der Waals surface area contributed by atoms with Crippen molar-refractivity contribution in [2.24, 2.45) is 0 Å². The van der Waals surface area contributed by atoms with E-state index in [4.69, 9.17) is 0 Å². The molecule has 0 unspecified atom stereocenters. The molecule has 4 heterocycles. The maximum atomic E-state index is 4.29. The Hall–Kier alpha value is -7.30. The standard InChI is InChI=1S/C50H36N4/c1-5-13-39(14-6-1)47-33-43(37-25-29-51-30-26-37)34-48(40-15-7-2-8-16-40)53(47)45-21-23-46(24-22-45)54-49(41-17-9-3-10-18-41)35-44(38-27-31-52-32-28-38)36-50(54)42-19-11-4-12-20-42/h1-36H/q+2. The normalized spacial score (nSPS) is 11.0. The molecule has 0 aliphatic carbocycles. The predicted molar refractivity (Wildman–Crippen MR) is 218 cm³/mol. The van der Waals surface area contributed by atoms with Crippen molar-refractivity contribution in [3.63, 3.8) is 0 Å². The molecule has 0 bridgehead atoms. The van der Waals surface area contributed by atoms with Crippen molar-refractivity contribution in [1.29, 1.82) is 0 Å². The van der Waals surface area contributed by atoms with E-state index in [1.165, 1.54) is 0 Å². The third-order valence-electron chi connectivity index (χ3n) is 9.80. The van der Waals surface area contributed by atoms with E-state index in [0.29, 0.717) is 0 Å². The van der Waals surface area contributed by atoms with E-state index >= 15 is 0 Å². The third kappa shape index (κ3) is 6.49. The van der Waals surface area contributed by atoms with E-state index in [1.807, 2.05) is 24.8 Å². The molecule has 0 aliphatic heterocycles. The lowest BCUT2D eigenvalue weighted by molar-refractivity contribution is -0.576. The first-order chi connectivity index (χ1) is 26.8. The number of benzene rings is 5. The fourth-order valence-electron chi connectivity index (χ4n) is 7.20. The van der Waals surface area contributed by atoms with Crippen LogP contribution in [0.2, 0.25) is 0 Å². The molecule has 9 aromatic rings. The van der Waals surface area contributed by atoms with Crippen molar-refractivity contribution in [2.45, 2.75) is 0 Å². The molecule has 254 valence electrons. The fraction of sp³-hybridized carbons (Fsp3) is 0. The topological polar surface area (TPSA) is 33.5 Å². The van der Waals surface area contributed by atoms with Gasteiger partial charge in [-0.05, 0) is 95.1 Å². The smallest absolute Gasteiger partial charge is 0.219 e. The lowest BCUT2D eigenvalue weighted by atomic mass is 9.98. The van der Waals surface area contributed by atoms with Gasteiger partial charge in [-0.2, -0.15) is 9.13 Å². The second-order valence-electron chi connectivity index (χ2n) is 13.2. The third-order valence-corrected chi connectivity index (χ3v) is 9.80. The molecule has 0 radical (unpaired) electrons. The Labute approximate surface area is 315 Å². The molecule has 0 saturated carbocycles. The number of nitrogens with zero attached hydrogens (tertiary/aromatic N) is 4. The minimum Gasteiger partial charge on any atom is -0.265 e. The summed E-state index contributed by atoms with van der Waals surface area (Å²) in [5.41, 5.74) is 15.6. The van der Waals surface area contributed by atoms with E-state index in [2.05, 4.69) is 213 Å². The lowest BCUT2D eigenvalue weighted by Crippen LogP contribution is -2.38. The van der Waals surface area contributed by atoms with Gasteiger partial charge in [0.2, 0.25) is 34.2 Å². The van der Waals surface area contributed by atoms with Crippen LogP contribution in [0.5, 0.6) is 0 Å². The van der Waals surface area contributed by atoms with Crippen LogP contribution in [-0.2, 0) is 0 Å². The lowest BCUT2D eigenvalue weighted by Gasteiger charge is -2.14. The highest BCUT2D eigenvalue weighted by Gasteiger charge is 2.28. The second-order valence-corrected chi connectivity index (χ2v) is 13.2. The van der Waals surface area contributed by atoms with Crippen molar-refractivity contribution in [3.8, 4) is 78.7 Å². The molecular formula is C50H36N4+2. The minimum atomic E-state index is 1.06. The second kappa shape index (κ2) is 14.7. The zero-order valence-electron chi connectivity index (χ0n) is 29.6. The molecule has 54 heavy (non-hydrogen) atoms. The number of hydrogen-bond acceptors (Lipinski definition) is 2. The van der Waals surface area contributed by atoms with E-state index in [0.717, 1.165) is 78.7 Å². The van der Waals surface area contributed by atoms with E-state index in [9.17, 15) is 0 Å². The van der Waals surface area contributed by atoms with Crippen molar-refractivity contribution < 1.29 is 9.13 Å². The Balaban J connectivity index is 1.28. The molecule has 4 aromatic heterocycles. The summed E-state index contributed by atoms with van der Waals surface area (Å²) in [5.74, 6) is 0. The Kier molecular flexibility index (Phi) is 8.90. The van der Waals surface area contributed by atoms with Crippen LogP contribution in [0.1, 0.15) is 0 Å². The predicted octanol–water partition coefficient (Wildman–Crippen LogP) is 11.0. The Morgan fingerprint density at radius 3 is 0.759 bits per heavy atom. The molecule has 0 atom stereocenters. The van der Waals surface area contributed by atoms with Gasteiger partial charge >= 0.3 is 0 Å².